The molecule has 5 nitrogen and oxygen atoms in total. The van der Waals surface area contributed by atoms with Crippen LogP contribution >= 0.6 is 11.3 Å². The van der Waals surface area contributed by atoms with Crippen molar-refractivity contribution in [3.05, 3.63) is 41.5 Å². The van der Waals surface area contributed by atoms with Crippen LogP contribution in [0.5, 0.6) is 0 Å². The molecule has 0 radical (unpaired) electrons. The molecule has 0 saturated carbocycles. The summed E-state index contributed by atoms with van der Waals surface area (Å²) in [5.41, 5.74) is 2.46. The topological polar surface area (TPSA) is 41.5 Å². The zero-order valence-corrected chi connectivity index (χ0v) is 17.7. The highest BCUT2D eigenvalue weighted by atomic mass is 32.1. The number of ether oxygens (including phenoxy) is 1. The molecule has 4 rings (SSSR count). The van der Waals surface area contributed by atoms with E-state index < -0.39 is 0 Å². The summed E-state index contributed by atoms with van der Waals surface area (Å²) in [7, 11) is 4.12. The minimum absolute atomic E-state index is 0.371. The van der Waals surface area contributed by atoms with E-state index in [1.165, 1.54) is 16.5 Å². The molecule has 28 heavy (non-hydrogen) atoms. The highest BCUT2D eigenvalue weighted by Gasteiger charge is 2.25. The predicted molar refractivity (Wildman–Crippen MR) is 117 cm³/mol. The third-order valence-corrected chi connectivity index (χ3v) is 6.02. The number of benzene rings is 1. The lowest BCUT2D eigenvalue weighted by Gasteiger charge is -2.33. The smallest absolute Gasteiger partial charge is 0.146 e. The van der Waals surface area contributed by atoms with E-state index in [1.54, 1.807) is 11.3 Å². The molecule has 0 amide bonds. The lowest BCUT2D eigenvalue weighted by atomic mass is 10.0. The summed E-state index contributed by atoms with van der Waals surface area (Å²) in [6.45, 7) is 5.56. The van der Waals surface area contributed by atoms with E-state index in [1.807, 2.05) is 0 Å². The Labute approximate surface area is 171 Å². The third kappa shape index (κ3) is 4.04. The fourth-order valence-electron chi connectivity index (χ4n) is 3.85. The van der Waals surface area contributed by atoms with Crippen LogP contribution in [0, 0.1) is 0 Å². The molecule has 1 fully saturated rings. The summed E-state index contributed by atoms with van der Waals surface area (Å²) in [6, 6.07) is 10.6. The molecule has 1 aliphatic heterocycles. The Morgan fingerprint density at radius 1 is 1.14 bits per heavy atom. The molecular weight excluding hydrogens is 368 g/mol. The number of hydrogen-bond acceptors (Lipinski definition) is 6. The Morgan fingerprint density at radius 3 is 2.57 bits per heavy atom. The normalized spacial score (nSPS) is 15.6. The second-order valence-corrected chi connectivity index (χ2v) is 8.40. The first-order chi connectivity index (χ1) is 13.7. The van der Waals surface area contributed by atoms with Crippen LogP contribution in [0.3, 0.4) is 0 Å². The molecule has 3 heterocycles. The zero-order chi connectivity index (χ0) is 19.5. The van der Waals surface area contributed by atoms with Gasteiger partial charge in [-0.2, -0.15) is 0 Å². The summed E-state index contributed by atoms with van der Waals surface area (Å²) in [5, 5.41) is 3.42. The maximum atomic E-state index is 5.84. The van der Waals surface area contributed by atoms with Crippen LogP contribution in [0.15, 0.2) is 35.7 Å². The zero-order valence-electron chi connectivity index (χ0n) is 16.9. The van der Waals surface area contributed by atoms with Crippen LogP contribution in [0.1, 0.15) is 25.6 Å². The summed E-state index contributed by atoms with van der Waals surface area (Å²) >= 11 is 1.72. The number of anilines is 1. The van der Waals surface area contributed by atoms with Crippen molar-refractivity contribution in [1.82, 2.24) is 14.9 Å². The molecule has 2 aromatic heterocycles. The van der Waals surface area contributed by atoms with Gasteiger partial charge in [0.25, 0.3) is 0 Å². The van der Waals surface area contributed by atoms with E-state index in [0.717, 1.165) is 55.6 Å². The first-order valence-corrected chi connectivity index (χ1v) is 10.9. The Hall–Kier alpha value is -2.02. The quantitative estimate of drug-likeness (QED) is 0.617. The summed E-state index contributed by atoms with van der Waals surface area (Å²) in [5.74, 6) is 1.97. The van der Waals surface area contributed by atoms with Crippen molar-refractivity contribution in [2.75, 3.05) is 38.7 Å². The molecule has 1 aromatic carbocycles. The van der Waals surface area contributed by atoms with E-state index in [2.05, 4.69) is 66.5 Å². The predicted octanol–water partition coefficient (Wildman–Crippen LogP) is 4.43. The molecule has 1 aliphatic rings. The van der Waals surface area contributed by atoms with Gasteiger partial charge in [0.05, 0.1) is 18.0 Å². The van der Waals surface area contributed by atoms with Crippen LogP contribution in [-0.2, 0) is 11.3 Å². The van der Waals surface area contributed by atoms with Gasteiger partial charge in [-0.1, -0.05) is 30.3 Å². The lowest BCUT2D eigenvalue weighted by Crippen LogP contribution is -2.37. The standard InChI is InChI=1S/C22H28N4OS/c1-4-27-17-10-12-26(13-11-17)21-20-18(16-8-6-5-7-9-16)15-28-22(20)24-19(23-21)14-25(2)3/h5-9,15,17H,4,10-14H2,1-3H3. The first-order valence-electron chi connectivity index (χ1n) is 10.0. The van der Waals surface area contributed by atoms with Gasteiger partial charge < -0.3 is 14.5 Å². The fraction of sp³-hybridized carbons (Fsp3) is 0.455. The molecule has 0 atom stereocenters. The average Bonchev–Trinajstić information content (AvgIpc) is 3.12. The van der Waals surface area contributed by atoms with Crippen LogP contribution in [0.25, 0.3) is 21.3 Å². The van der Waals surface area contributed by atoms with Gasteiger partial charge in [0.15, 0.2) is 0 Å². The van der Waals surface area contributed by atoms with Gasteiger partial charge in [0.2, 0.25) is 0 Å². The highest BCUT2D eigenvalue weighted by molar-refractivity contribution is 7.17. The SMILES string of the molecule is CCOC1CCN(c2nc(CN(C)C)nc3scc(-c4ccccc4)c23)CC1. The Kier molecular flexibility index (Phi) is 5.90. The highest BCUT2D eigenvalue weighted by Crippen LogP contribution is 2.39. The molecule has 0 bridgehead atoms. The average molecular weight is 397 g/mol. The monoisotopic (exact) mass is 396 g/mol. The second-order valence-electron chi connectivity index (χ2n) is 7.54. The number of rotatable bonds is 6. The van der Waals surface area contributed by atoms with E-state index >= 15 is 0 Å². The van der Waals surface area contributed by atoms with Gasteiger partial charge in [0.1, 0.15) is 16.5 Å². The van der Waals surface area contributed by atoms with Crippen molar-refractivity contribution < 1.29 is 4.74 Å². The van der Waals surface area contributed by atoms with Gasteiger partial charge in [-0.3, -0.25) is 0 Å². The number of aromatic nitrogens is 2. The minimum atomic E-state index is 0.371. The van der Waals surface area contributed by atoms with Gasteiger partial charge in [0, 0.05) is 30.6 Å². The maximum absolute atomic E-state index is 5.84. The van der Waals surface area contributed by atoms with Crippen molar-refractivity contribution in [2.24, 2.45) is 0 Å². The second kappa shape index (κ2) is 8.55. The van der Waals surface area contributed by atoms with Gasteiger partial charge in [-0.25, -0.2) is 9.97 Å². The van der Waals surface area contributed by atoms with E-state index in [0.29, 0.717) is 6.10 Å². The van der Waals surface area contributed by atoms with Crippen LogP contribution in [-0.4, -0.2) is 54.8 Å². The molecule has 1 saturated heterocycles. The molecule has 0 spiro atoms. The number of hydrogen-bond donors (Lipinski definition) is 0. The van der Waals surface area contributed by atoms with Crippen molar-refractivity contribution in [2.45, 2.75) is 32.4 Å². The third-order valence-electron chi connectivity index (χ3n) is 5.15. The van der Waals surface area contributed by atoms with Gasteiger partial charge in [-0.05, 0) is 39.4 Å². The molecule has 0 aliphatic carbocycles. The Balaban J connectivity index is 1.76. The molecule has 3 aromatic rings. The number of fused-ring (bicyclic) bond motifs is 1. The maximum Gasteiger partial charge on any atom is 0.146 e. The molecule has 148 valence electrons. The van der Waals surface area contributed by atoms with E-state index in [4.69, 9.17) is 14.7 Å². The summed E-state index contributed by atoms with van der Waals surface area (Å²) in [4.78, 5) is 15.5. The lowest BCUT2D eigenvalue weighted by molar-refractivity contribution is 0.0458. The number of thiophene rings is 1. The minimum Gasteiger partial charge on any atom is -0.378 e. The van der Waals surface area contributed by atoms with Crippen LogP contribution < -0.4 is 4.90 Å². The Bertz CT molecular complexity index is 917. The summed E-state index contributed by atoms with van der Waals surface area (Å²) < 4.78 is 5.84. The fourth-order valence-corrected chi connectivity index (χ4v) is 4.81. The van der Waals surface area contributed by atoms with Gasteiger partial charge in [-0.15, -0.1) is 11.3 Å². The van der Waals surface area contributed by atoms with E-state index in [9.17, 15) is 0 Å². The van der Waals surface area contributed by atoms with Crippen molar-refractivity contribution in [3.8, 4) is 11.1 Å². The molecular formula is C22H28N4OS. The van der Waals surface area contributed by atoms with Crippen LogP contribution in [0.4, 0.5) is 5.82 Å². The van der Waals surface area contributed by atoms with Crippen molar-refractivity contribution >= 4 is 27.4 Å². The number of piperidine rings is 1. The van der Waals surface area contributed by atoms with Crippen LogP contribution in [0.2, 0.25) is 0 Å². The molecule has 6 heteroatoms. The van der Waals surface area contributed by atoms with Gasteiger partial charge >= 0.3 is 0 Å². The van der Waals surface area contributed by atoms with E-state index in [-0.39, 0.29) is 0 Å². The molecule has 0 unspecified atom stereocenters. The Morgan fingerprint density at radius 2 is 1.89 bits per heavy atom. The van der Waals surface area contributed by atoms with Crippen molar-refractivity contribution in [3.63, 3.8) is 0 Å². The molecule has 0 N–H and O–H groups in total. The largest absolute Gasteiger partial charge is 0.378 e. The number of nitrogens with zero attached hydrogens (tertiary/aromatic N) is 4. The first kappa shape index (κ1) is 19.3. The van der Waals surface area contributed by atoms with Crippen molar-refractivity contribution in [1.29, 1.82) is 0 Å². The summed E-state index contributed by atoms with van der Waals surface area (Å²) in [6.07, 6.45) is 2.47.